The highest BCUT2D eigenvalue weighted by Crippen LogP contribution is 2.27. The highest BCUT2D eigenvalue weighted by molar-refractivity contribution is 5.85. The van der Waals surface area contributed by atoms with Crippen molar-refractivity contribution in [3.05, 3.63) is 83.7 Å². The fraction of sp³-hybridized carbons (Fsp3) is 0.261. The minimum Gasteiger partial charge on any atom is -0.493 e. The number of aromatic nitrogens is 1. The molecule has 5 nitrogen and oxygen atoms in total. The van der Waals surface area contributed by atoms with Gasteiger partial charge in [-0.1, -0.05) is 24.3 Å². The van der Waals surface area contributed by atoms with Crippen LogP contribution in [0.4, 0.5) is 0 Å². The molecule has 0 radical (unpaired) electrons. The smallest absolute Gasteiger partial charge is 0.160 e. The Morgan fingerprint density at radius 3 is 2.48 bits per heavy atom. The quantitative estimate of drug-likeness (QED) is 0.497. The third kappa shape index (κ3) is 6.97. The standard InChI is InChI=1S/C23H26N2O3.ClH/c1-26-22-10-9-18(15-23(22)27-2)11-13-24-16-19-6-5-8-21(14-19)28-17-20-7-3-4-12-25-20;/h3-10,12,14-15,24H,11,13,16-17H2,1-2H3;1H. The zero-order valence-electron chi connectivity index (χ0n) is 16.8. The van der Waals surface area contributed by atoms with E-state index in [2.05, 4.69) is 28.5 Å². The van der Waals surface area contributed by atoms with E-state index in [0.717, 1.165) is 42.5 Å². The van der Waals surface area contributed by atoms with Crippen molar-refractivity contribution in [2.75, 3.05) is 20.8 Å². The number of ether oxygens (including phenoxy) is 3. The molecular weight excluding hydrogens is 388 g/mol. The lowest BCUT2D eigenvalue weighted by Crippen LogP contribution is -2.16. The molecule has 6 heteroatoms. The molecule has 0 aliphatic rings. The van der Waals surface area contributed by atoms with Crippen molar-refractivity contribution in [1.29, 1.82) is 0 Å². The zero-order valence-corrected chi connectivity index (χ0v) is 17.6. The number of nitrogens with one attached hydrogen (secondary N) is 1. The van der Waals surface area contributed by atoms with Crippen molar-refractivity contribution in [3.8, 4) is 17.2 Å². The molecule has 0 fully saturated rings. The van der Waals surface area contributed by atoms with Gasteiger partial charge in [0.15, 0.2) is 11.5 Å². The summed E-state index contributed by atoms with van der Waals surface area (Å²) in [5, 5.41) is 3.48. The Kier molecular flexibility index (Phi) is 9.28. The molecule has 0 spiro atoms. The van der Waals surface area contributed by atoms with Crippen molar-refractivity contribution >= 4 is 12.4 Å². The number of nitrogens with zero attached hydrogens (tertiary/aromatic N) is 1. The molecule has 0 atom stereocenters. The third-order valence-corrected chi connectivity index (χ3v) is 4.38. The summed E-state index contributed by atoms with van der Waals surface area (Å²) < 4.78 is 16.5. The second-order valence-electron chi connectivity index (χ2n) is 6.37. The van der Waals surface area contributed by atoms with Gasteiger partial charge in [0.1, 0.15) is 12.4 Å². The van der Waals surface area contributed by atoms with Gasteiger partial charge >= 0.3 is 0 Å². The van der Waals surface area contributed by atoms with Gasteiger partial charge in [-0.25, -0.2) is 0 Å². The fourth-order valence-corrected chi connectivity index (χ4v) is 2.89. The zero-order chi connectivity index (χ0) is 19.6. The number of benzene rings is 2. The Labute approximate surface area is 178 Å². The first-order valence-electron chi connectivity index (χ1n) is 9.32. The minimum atomic E-state index is 0. The molecule has 0 aliphatic carbocycles. The van der Waals surface area contributed by atoms with Crippen LogP contribution in [0.5, 0.6) is 17.2 Å². The molecule has 1 aromatic heterocycles. The van der Waals surface area contributed by atoms with E-state index in [-0.39, 0.29) is 12.4 Å². The summed E-state index contributed by atoms with van der Waals surface area (Å²) in [6, 6.07) is 20.0. The van der Waals surface area contributed by atoms with Gasteiger partial charge in [0.05, 0.1) is 19.9 Å². The lowest BCUT2D eigenvalue weighted by atomic mass is 10.1. The van der Waals surface area contributed by atoms with Gasteiger partial charge in [-0.3, -0.25) is 4.98 Å². The van der Waals surface area contributed by atoms with Crippen LogP contribution in [0.2, 0.25) is 0 Å². The summed E-state index contributed by atoms with van der Waals surface area (Å²) in [7, 11) is 3.30. The van der Waals surface area contributed by atoms with Crippen LogP contribution in [-0.2, 0) is 19.6 Å². The Hall–Kier alpha value is -2.76. The highest BCUT2D eigenvalue weighted by atomic mass is 35.5. The van der Waals surface area contributed by atoms with E-state index in [9.17, 15) is 0 Å². The molecule has 0 bridgehead atoms. The Morgan fingerprint density at radius 1 is 0.862 bits per heavy atom. The summed E-state index contributed by atoms with van der Waals surface area (Å²) in [5.74, 6) is 2.37. The second-order valence-corrected chi connectivity index (χ2v) is 6.37. The molecule has 154 valence electrons. The minimum absolute atomic E-state index is 0. The topological polar surface area (TPSA) is 52.6 Å². The number of rotatable bonds is 10. The number of halogens is 1. The fourth-order valence-electron chi connectivity index (χ4n) is 2.89. The summed E-state index contributed by atoms with van der Waals surface area (Å²) in [4.78, 5) is 4.27. The van der Waals surface area contributed by atoms with Crippen molar-refractivity contribution in [3.63, 3.8) is 0 Å². The molecule has 0 unspecified atom stereocenters. The SMILES string of the molecule is COc1ccc(CCNCc2cccc(OCc3ccccn3)c2)cc1OC.Cl. The predicted molar refractivity (Wildman–Crippen MR) is 117 cm³/mol. The van der Waals surface area contributed by atoms with Gasteiger partial charge in [0.2, 0.25) is 0 Å². The molecule has 3 aromatic rings. The van der Waals surface area contributed by atoms with Crippen molar-refractivity contribution < 1.29 is 14.2 Å². The van der Waals surface area contributed by atoms with E-state index in [0.29, 0.717) is 6.61 Å². The van der Waals surface area contributed by atoms with Gasteiger partial charge in [0, 0.05) is 12.7 Å². The van der Waals surface area contributed by atoms with Crippen molar-refractivity contribution in [2.45, 2.75) is 19.6 Å². The second kappa shape index (κ2) is 11.9. The van der Waals surface area contributed by atoms with Crippen LogP contribution in [0, 0.1) is 0 Å². The van der Waals surface area contributed by atoms with Gasteiger partial charge in [-0.2, -0.15) is 0 Å². The maximum atomic E-state index is 5.84. The Balaban J connectivity index is 0.00000300. The summed E-state index contributed by atoms with van der Waals surface area (Å²) in [6.07, 6.45) is 2.69. The number of pyridine rings is 1. The molecule has 0 aliphatic heterocycles. The molecule has 0 saturated carbocycles. The first-order valence-corrected chi connectivity index (χ1v) is 9.32. The third-order valence-electron chi connectivity index (χ3n) is 4.38. The molecular formula is C23H27ClN2O3. The normalized spacial score (nSPS) is 10.1. The van der Waals surface area contributed by atoms with Gasteiger partial charge in [0.25, 0.3) is 0 Å². The first-order chi connectivity index (χ1) is 13.8. The molecule has 2 aromatic carbocycles. The van der Waals surface area contributed by atoms with E-state index in [1.807, 2.05) is 42.5 Å². The lowest BCUT2D eigenvalue weighted by molar-refractivity contribution is 0.301. The predicted octanol–water partition coefficient (Wildman–Crippen LogP) is 4.43. The molecule has 0 saturated heterocycles. The number of hydrogen-bond donors (Lipinski definition) is 1. The van der Waals surface area contributed by atoms with Crippen LogP contribution in [0.25, 0.3) is 0 Å². The van der Waals surface area contributed by atoms with Crippen molar-refractivity contribution in [1.82, 2.24) is 10.3 Å². The summed E-state index contributed by atoms with van der Waals surface area (Å²) in [5.41, 5.74) is 3.31. The molecule has 29 heavy (non-hydrogen) atoms. The van der Waals surface area contributed by atoms with Crippen LogP contribution < -0.4 is 19.5 Å². The maximum Gasteiger partial charge on any atom is 0.160 e. The highest BCUT2D eigenvalue weighted by Gasteiger charge is 2.04. The van der Waals surface area contributed by atoms with E-state index < -0.39 is 0 Å². The summed E-state index contributed by atoms with van der Waals surface area (Å²) >= 11 is 0. The van der Waals surface area contributed by atoms with Crippen LogP contribution in [0.15, 0.2) is 66.9 Å². The molecule has 1 heterocycles. The maximum absolute atomic E-state index is 5.84. The lowest BCUT2D eigenvalue weighted by Gasteiger charge is -2.11. The summed E-state index contributed by atoms with van der Waals surface area (Å²) in [6.45, 7) is 2.12. The number of methoxy groups -OCH3 is 2. The van der Waals surface area contributed by atoms with E-state index in [4.69, 9.17) is 14.2 Å². The van der Waals surface area contributed by atoms with Gasteiger partial charge < -0.3 is 19.5 Å². The van der Waals surface area contributed by atoms with Gasteiger partial charge in [-0.15, -0.1) is 12.4 Å². The van der Waals surface area contributed by atoms with E-state index >= 15 is 0 Å². The monoisotopic (exact) mass is 414 g/mol. The number of hydrogen-bond acceptors (Lipinski definition) is 5. The van der Waals surface area contributed by atoms with Crippen molar-refractivity contribution in [2.24, 2.45) is 0 Å². The first kappa shape index (κ1) is 22.5. The van der Waals surface area contributed by atoms with E-state index in [1.165, 1.54) is 11.1 Å². The largest absolute Gasteiger partial charge is 0.493 e. The average molecular weight is 415 g/mol. The Bertz CT molecular complexity index is 875. The molecule has 0 amide bonds. The van der Waals surface area contributed by atoms with E-state index in [1.54, 1.807) is 20.4 Å². The molecule has 1 N–H and O–H groups in total. The average Bonchev–Trinajstić information content (AvgIpc) is 2.76. The Morgan fingerprint density at radius 2 is 1.72 bits per heavy atom. The molecule has 3 rings (SSSR count). The van der Waals surface area contributed by atoms with Crippen LogP contribution in [0.1, 0.15) is 16.8 Å². The van der Waals surface area contributed by atoms with Crippen LogP contribution >= 0.6 is 12.4 Å². The van der Waals surface area contributed by atoms with Gasteiger partial charge in [-0.05, 0) is 60.5 Å². The van der Waals surface area contributed by atoms with Crippen LogP contribution in [-0.4, -0.2) is 25.7 Å². The van der Waals surface area contributed by atoms with Crippen LogP contribution in [0.3, 0.4) is 0 Å².